The number of carbonyl (C=O) groups is 1. The van der Waals surface area contributed by atoms with E-state index in [0.29, 0.717) is 24.2 Å². The molecule has 0 bridgehead atoms. The summed E-state index contributed by atoms with van der Waals surface area (Å²) in [7, 11) is 0. The number of aromatic nitrogens is 2. The number of amides is 1. The summed E-state index contributed by atoms with van der Waals surface area (Å²) in [5.41, 5.74) is 3.58. The molecule has 6 rings (SSSR count). The molecule has 166 valence electrons. The van der Waals surface area contributed by atoms with E-state index < -0.39 is 11.7 Å². The van der Waals surface area contributed by atoms with Crippen LogP contribution in [0.1, 0.15) is 24.0 Å². The lowest BCUT2D eigenvalue weighted by Gasteiger charge is -2.17. The van der Waals surface area contributed by atoms with E-state index in [2.05, 4.69) is 25.8 Å². The number of H-pyrrole nitrogens is 1. The molecular formula is C25H19F2N3O3. The number of nitrogens with zero attached hydrogens (tertiary/aromatic N) is 1. The lowest BCUT2D eigenvalue weighted by atomic mass is 9.94. The van der Waals surface area contributed by atoms with E-state index in [1.807, 2.05) is 37.4 Å². The first-order valence-electron chi connectivity index (χ1n) is 10.6. The van der Waals surface area contributed by atoms with Gasteiger partial charge in [-0.05, 0) is 67.3 Å². The molecule has 33 heavy (non-hydrogen) atoms. The first-order chi connectivity index (χ1) is 15.8. The Bertz CT molecular complexity index is 1430. The molecule has 0 radical (unpaired) electrons. The Morgan fingerprint density at radius 1 is 1.03 bits per heavy atom. The number of hydrogen-bond acceptors (Lipinski definition) is 4. The molecule has 1 amide bonds. The third kappa shape index (κ3) is 3.29. The fourth-order valence-electron chi connectivity index (χ4n) is 4.35. The molecule has 2 aliphatic rings. The molecule has 0 saturated heterocycles. The zero-order valence-corrected chi connectivity index (χ0v) is 17.6. The average molecular weight is 447 g/mol. The van der Waals surface area contributed by atoms with Crippen molar-refractivity contribution in [3.63, 3.8) is 0 Å². The molecule has 2 aromatic heterocycles. The highest BCUT2D eigenvalue weighted by Crippen LogP contribution is 2.52. The summed E-state index contributed by atoms with van der Waals surface area (Å²) in [5.74, 6) is 0.112. The Kier molecular flexibility index (Phi) is 4.05. The zero-order valence-electron chi connectivity index (χ0n) is 17.6. The predicted octanol–water partition coefficient (Wildman–Crippen LogP) is 5.53. The van der Waals surface area contributed by atoms with Gasteiger partial charge in [-0.2, -0.15) is 0 Å². The summed E-state index contributed by atoms with van der Waals surface area (Å²) in [4.78, 5) is 21.1. The van der Waals surface area contributed by atoms with Crippen molar-refractivity contribution in [2.75, 3.05) is 5.32 Å². The molecule has 2 N–H and O–H groups in total. The van der Waals surface area contributed by atoms with E-state index in [0.717, 1.165) is 27.7 Å². The number of nitrogens with one attached hydrogen (secondary N) is 2. The number of benzene rings is 2. The minimum atomic E-state index is -3.69. The van der Waals surface area contributed by atoms with E-state index >= 15 is 0 Å². The van der Waals surface area contributed by atoms with Crippen LogP contribution in [0.2, 0.25) is 0 Å². The van der Waals surface area contributed by atoms with Crippen molar-refractivity contribution in [1.29, 1.82) is 0 Å². The number of fused-ring (bicyclic) bond motifs is 2. The van der Waals surface area contributed by atoms with Gasteiger partial charge in [-0.25, -0.2) is 4.98 Å². The summed E-state index contributed by atoms with van der Waals surface area (Å²) in [6.07, 6.45) is -0.585. The average Bonchev–Trinajstić information content (AvgIpc) is 3.35. The monoisotopic (exact) mass is 447 g/mol. The number of anilines is 1. The number of hydrogen-bond donors (Lipinski definition) is 2. The normalized spacial score (nSPS) is 17.2. The molecule has 8 heteroatoms. The number of aryl methyl sites for hydroxylation is 1. The van der Waals surface area contributed by atoms with Crippen LogP contribution in [0, 0.1) is 6.92 Å². The summed E-state index contributed by atoms with van der Waals surface area (Å²) in [6, 6.07) is 16.2. The van der Waals surface area contributed by atoms with Crippen LogP contribution in [-0.4, -0.2) is 22.2 Å². The minimum Gasteiger partial charge on any atom is -0.395 e. The Balaban J connectivity index is 1.28. The second kappa shape index (κ2) is 6.78. The maximum atomic E-state index is 13.4. The first-order valence-corrected chi connectivity index (χ1v) is 10.6. The lowest BCUT2D eigenvalue weighted by molar-refractivity contribution is -0.286. The summed E-state index contributed by atoms with van der Waals surface area (Å²) < 4.78 is 35.8. The molecule has 3 heterocycles. The van der Waals surface area contributed by atoms with Gasteiger partial charge in [-0.15, -0.1) is 8.78 Å². The van der Waals surface area contributed by atoms with Crippen LogP contribution >= 0.6 is 0 Å². The second-order valence-corrected chi connectivity index (χ2v) is 8.51. The van der Waals surface area contributed by atoms with Crippen molar-refractivity contribution in [2.24, 2.45) is 0 Å². The predicted molar refractivity (Wildman–Crippen MR) is 118 cm³/mol. The SMILES string of the molecule is Cc1ccc(NC(=O)C2(c3ccc4c(c3)OC(F)(F)O4)CC2)nc1-c1ccc2[nH]ccc2c1. The largest absolute Gasteiger partial charge is 0.586 e. The number of rotatable bonds is 4. The van der Waals surface area contributed by atoms with Gasteiger partial charge in [-0.1, -0.05) is 18.2 Å². The highest BCUT2D eigenvalue weighted by Gasteiger charge is 2.53. The van der Waals surface area contributed by atoms with Crippen LogP contribution in [-0.2, 0) is 10.2 Å². The van der Waals surface area contributed by atoms with Crippen molar-refractivity contribution in [1.82, 2.24) is 9.97 Å². The highest BCUT2D eigenvalue weighted by atomic mass is 19.3. The quantitative estimate of drug-likeness (QED) is 0.431. The molecule has 0 unspecified atom stereocenters. The molecule has 1 saturated carbocycles. The molecule has 1 fully saturated rings. The number of carbonyl (C=O) groups excluding carboxylic acids is 1. The van der Waals surface area contributed by atoms with Crippen LogP contribution in [0.5, 0.6) is 11.5 Å². The maximum absolute atomic E-state index is 13.4. The smallest absolute Gasteiger partial charge is 0.395 e. The van der Waals surface area contributed by atoms with Gasteiger partial charge in [0.25, 0.3) is 0 Å². The molecule has 1 aliphatic heterocycles. The summed E-state index contributed by atoms with van der Waals surface area (Å²) >= 11 is 0. The van der Waals surface area contributed by atoms with Gasteiger partial charge < -0.3 is 19.8 Å². The number of ether oxygens (including phenoxy) is 2. The third-order valence-electron chi connectivity index (χ3n) is 6.30. The second-order valence-electron chi connectivity index (χ2n) is 8.51. The molecule has 2 aromatic carbocycles. The van der Waals surface area contributed by atoms with Gasteiger partial charge in [0.15, 0.2) is 11.5 Å². The highest BCUT2D eigenvalue weighted by molar-refractivity contribution is 6.01. The first kappa shape index (κ1) is 19.7. The van der Waals surface area contributed by atoms with E-state index in [1.165, 1.54) is 12.1 Å². The van der Waals surface area contributed by atoms with Crippen molar-refractivity contribution < 1.29 is 23.0 Å². The van der Waals surface area contributed by atoms with E-state index in [-0.39, 0.29) is 17.4 Å². The number of halogens is 2. The minimum absolute atomic E-state index is 0.0378. The van der Waals surface area contributed by atoms with Gasteiger partial charge in [0.1, 0.15) is 5.82 Å². The van der Waals surface area contributed by atoms with Crippen molar-refractivity contribution in [3.8, 4) is 22.8 Å². The lowest BCUT2D eigenvalue weighted by Crippen LogP contribution is -2.28. The van der Waals surface area contributed by atoms with Gasteiger partial charge >= 0.3 is 6.29 Å². The van der Waals surface area contributed by atoms with E-state index in [9.17, 15) is 13.6 Å². The van der Waals surface area contributed by atoms with Crippen LogP contribution in [0.4, 0.5) is 14.6 Å². The van der Waals surface area contributed by atoms with E-state index in [1.54, 1.807) is 12.1 Å². The molecule has 0 atom stereocenters. The van der Waals surface area contributed by atoms with E-state index in [4.69, 9.17) is 4.98 Å². The summed E-state index contributed by atoms with van der Waals surface area (Å²) in [5, 5.41) is 4.00. The molecule has 1 aliphatic carbocycles. The van der Waals surface area contributed by atoms with Gasteiger partial charge in [0.05, 0.1) is 11.1 Å². The molecule has 4 aromatic rings. The topological polar surface area (TPSA) is 76.2 Å². The Morgan fingerprint density at radius 2 is 1.85 bits per heavy atom. The molecule has 0 spiro atoms. The Labute approximate surface area is 187 Å². The van der Waals surface area contributed by atoms with Crippen LogP contribution in [0.3, 0.4) is 0 Å². The maximum Gasteiger partial charge on any atom is 0.586 e. The Morgan fingerprint density at radius 3 is 2.67 bits per heavy atom. The number of pyridine rings is 1. The molecular weight excluding hydrogens is 428 g/mol. The Hall–Kier alpha value is -3.94. The third-order valence-corrected chi connectivity index (χ3v) is 6.30. The zero-order chi connectivity index (χ0) is 22.8. The van der Waals surface area contributed by atoms with Crippen molar-refractivity contribution in [2.45, 2.75) is 31.5 Å². The van der Waals surface area contributed by atoms with Crippen LogP contribution in [0.15, 0.2) is 60.8 Å². The summed E-state index contributed by atoms with van der Waals surface area (Å²) in [6.45, 7) is 1.97. The number of alkyl halides is 2. The van der Waals surface area contributed by atoms with Crippen molar-refractivity contribution in [3.05, 3.63) is 71.9 Å². The van der Waals surface area contributed by atoms with Crippen LogP contribution < -0.4 is 14.8 Å². The van der Waals surface area contributed by atoms with Crippen molar-refractivity contribution >= 4 is 22.6 Å². The molecule has 6 nitrogen and oxygen atoms in total. The standard InChI is InChI=1S/C25H19F2N3O3/c1-14-2-7-21(29-22(14)16-3-5-18-15(12-16)8-11-28-18)30-23(31)24(9-10-24)17-4-6-19-20(13-17)33-25(26,27)32-19/h2-8,11-13,28H,9-10H2,1H3,(H,29,30,31). The number of aromatic amines is 1. The fraction of sp³-hybridized carbons (Fsp3) is 0.200. The van der Waals surface area contributed by atoms with Gasteiger partial charge in [0.2, 0.25) is 5.91 Å². The van der Waals surface area contributed by atoms with Gasteiger partial charge in [-0.3, -0.25) is 4.79 Å². The fourth-order valence-corrected chi connectivity index (χ4v) is 4.35. The van der Waals surface area contributed by atoms with Gasteiger partial charge in [0, 0.05) is 22.7 Å². The van der Waals surface area contributed by atoms with Crippen LogP contribution in [0.25, 0.3) is 22.2 Å².